The van der Waals surface area contributed by atoms with Crippen LogP contribution in [-0.2, 0) is 0 Å². The molecular formula is C25H12ClN3O5S. The van der Waals surface area contributed by atoms with Crippen LogP contribution in [0.15, 0.2) is 79.7 Å². The number of furan rings is 1. The molecule has 0 aliphatic rings. The van der Waals surface area contributed by atoms with Gasteiger partial charge in [0.1, 0.15) is 28.2 Å². The van der Waals surface area contributed by atoms with Crippen LogP contribution in [-0.4, -0.2) is 9.91 Å². The second-order valence-corrected chi connectivity index (χ2v) is 8.64. The SMILES string of the molecule is N#C/C(=C\c1ccc(-c2cccc([N+](=O)[O-])c2)o1)c1nc(-c2cc3cc(Cl)ccc3oc2=O)cs1. The van der Waals surface area contributed by atoms with E-state index in [-0.39, 0.29) is 16.8 Å². The minimum atomic E-state index is -0.549. The van der Waals surface area contributed by atoms with Crippen LogP contribution < -0.4 is 5.63 Å². The molecule has 0 aliphatic carbocycles. The third-order valence-corrected chi connectivity index (χ3v) is 6.19. The van der Waals surface area contributed by atoms with Crippen LogP contribution in [0.3, 0.4) is 0 Å². The van der Waals surface area contributed by atoms with Gasteiger partial charge in [0, 0.05) is 39.6 Å². The van der Waals surface area contributed by atoms with E-state index in [1.165, 1.54) is 29.5 Å². The van der Waals surface area contributed by atoms with Crippen molar-refractivity contribution in [2.24, 2.45) is 0 Å². The van der Waals surface area contributed by atoms with Crippen molar-refractivity contribution in [3.63, 3.8) is 0 Å². The Bertz CT molecular complexity index is 1740. The molecule has 0 fully saturated rings. The molecule has 10 heteroatoms. The lowest BCUT2D eigenvalue weighted by atomic mass is 10.1. The topological polar surface area (TPSA) is 123 Å². The highest BCUT2D eigenvalue weighted by Gasteiger charge is 2.15. The lowest BCUT2D eigenvalue weighted by molar-refractivity contribution is -0.384. The molecule has 0 aliphatic heterocycles. The number of thiazole rings is 1. The minimum Gasteiger partial charge on any atom is -0.457 e. The molecule has 3 aromatic heterocycles. The van der Waals surface area contributed by atoms with Gasteiger partial charge in [-0.25, -0.2) is 9.78 Å². The molecule has 2 aromatic carbocycles. The normalized spacial score (nSPS) is 11.5. The summed E-state index contributed by atoms with van der Waals surface area (Å²) in [6, 6.07) is 18.1. The van der Waals surface area contributed by atoms with Crippen molar-refractivity contribution in [3.05, 3.63) is 102 Å². The Morgan fingerprint density at radius 1 is 1.14 bits per heavy atom. The maximum Gasteiger partial charge on any atom is 0.345 e. The van der Waals surface area contributed by atoms with Crippen molar-refractivity contribution < 1.29 is 13.8 Å². The van der Waals surface area contributed by atoms with E-state index in [9.17, 15) is 20.2 Å². The van der Waals surface area contributed by atoms with Crippen LogP contribution in [0.2, 0.25) is 5.02 Å². The molecule has 0 bridgehead atoms. The second kappa shape index (κ2) is 9.02. The molecule has 0 saturated carbocycles. The van der Waals surface area contributed by atoms with Gasteiger partial charge in [-0.15, -0.1) is 11.3 Å². The largest absolute Gasteiger partial charge is 0.457 e. The summed E-state index contributed by atoms with van der Waals surface area (Å²) in [5.41, 5.74) is 1.21. The molecule has 0 N–H and O–H groups in total. The number of allylic oxidation sites excluding steroid dienone is 1. The number of nitriles is 1. The van der Waals surface area contributed by atoms with Gasteiger partial charge < -0.3 is 8.83 Å². The molecule has 5 aromatic rings. The molecule has 0 atom stereocenters. The molecule has 0 amide bonds. The monoisotopic (exact) mass is 501 g/mol. The Balaban J connectivity index is 1.47. The number of hydrogen-bond acceptors (Lipinski definition) is 8. The van der Waals surface area contributed by atoms with Gasteiger partial charge in [-0.05, 0) is 36.4 Å². The van der Waals surface area contributed by atoms with E-state index in [2.05, 4.69) is 11.1 Å². The van der Waals surface area contributed by atoms with Gasteiger partial charge in [-0.1, -0.05) is 23.7 Å². The van der Waals surface area contributed by atoms with Crippen molar-refractivity contribution >= 4 is 51.2 Å². The van der Waals surface area contributed by atoms with E-state index < -0.39 is 10.5 Å². The zero-order chi connectivity index (χ0) is 24.5. The maximum atomic E-state index is 12.5. The summed E-state index contributed by atoms with van der Waals surface area (Å²) in [7, 11) is 0. The van der Waals surface area contributed by atoms with Crippen molar-refractivity contribution in [2.45, 2.75) is 0 Å². The summed E-state index contributed by atoms with van der Waals surface area (Å²) in [6.07, 6.45) is 1.52. The van der Waals surface area contributed by atoms with Crippen LogP contribution >= 0.6 is 22.9 Å². The van der Waals surface area contributed by atoms with Crippen molar-refractivity contribution in [3.8, 4) is 28.7 Å². The molecule has 5 rings (SSSR count). The fourth-order valence-corrected chi connectivity index (χ4v) is 4.40. The van der Waals surface area contributed by atoms with E-state index in [4.69, 9.17) is 20.4 Å². The first-order valence-electron chi connectivity index (χ1n) is 10.1. The number of fused-ring (bicyclic) bond motifs is 1. The standard InChI is InChI=1S/C25H12ClN3O5S/c26-17-4-6-23-15(8-17)11-20(25(30)34-23)21-13-35-24(28-21)16(12-27)10-19-5-7-22(33-19)14-2-1-3-18(9-14)29(31)32/h1-11,13H/b16-10+. The molecule has 0 saturated heterocycles. The van der Waals surface area contributed by atoms with E-state index in [1.54, 1.807) is 53.9 Å². The number of benzene rings is 2. The zero-order valence-electron chi connectivity index (χ0n) is 17.6. The zero-order valence-corrected chi connectivity index (χ0v) is 19.2. The Labute approximate surface area is 206 Å². The van der Waals surface area contributed by atoms with Gasteiger partial charge in [0.15, 0.2) is 0 Å². The van der Waals surface area contributed by atoms with Crippen LogP contribution in [0.5, 0.6) is 0 Å². The fourth-order valence-electron chi connectivity index (χ4n) is 3.44. The molecule has 0 radical (unpaired) electrons. The third kappa shape index (κ3) is 4.48. The summed E-state index contributed by atoms with van der Waals surface area (Å²) >= 11 is 7.24. The number of rotatable bonds is 5. The number of aromatic nitrogens is 1. The van der Waals surface area contributed by atoms with Gasteiger partial charge >= 0.3 is 5.63 Å². The average molecular weight is 502 g/mol. The van der Waals surface area contributed by atoms with E-state index in [1.807, 2.05) is 0 Å². The predicted molar refractivity (Wildman–Crippen MR) is 133 cm³/mol. The number of nitro groups is 1. The van der Waals surface area contributed by atoms with Gasteiger partial charge in [-0.3, -0.25) is 10.1 Å². The lowest BCUT2D eigenvalue weighted by Gasteiger charge is -2.00. The molecule has 3 heterocycles. The Kier molecular flexibility index (Phi) is 5.74. The molecule has 0 unspecified atom stereocenters. The number of non-ortho nitro benzene ring substituents is 1. The van der Waals surface area contributed by atoms with E-state index in [0.29, 0.717) is 43.8 Å². The van der Waals surface area contributed by atoms with Crippen LogP contribution in [0, 0.1) is 21.4 Å². The minimum absolute atomic E-state index is 0.0514. The van der Waals surface area contributed by atoms with Crippen LogP contribution in [0.4, 0.5) is 5.69 Å². The van der Waals surface area contributed by atoms with Crippen molar-refractivity contribution in [1.82, 2.24) is 4.98 Å². The first kappa shape index (κ1) is 22.3. The summed E-state index contributed by atoms with van der Waals surface area (Å²) in [6.45, 7) is 0. The molecule has 8 nitrogen and oxygen atoms in total. The fraction of sp³-hybridized carbons (Fsp3) is 0. The van der Waals surface area contributed by atoms with E-state index in [0.717, 1.165) is 0 Å². The smallest absolute Gasteiger partial charge is 0.345 e. The highest BCUT2D eigenvalue weighted by Crippen LogP contribution is 2.30. The number of nitro benzene ring substituents is 1. The number of nitrogens with zero attached hydrogens (tertiary/aromatic N) is 3. The van der Waals surface area contributed by atoms with Gasteiger partial charge in [-0.2, -0.15) is 5.26 Å². The lowest BCUT2D eigenvalue weighted by Crippen LogP contribution is -2.02. The summed E-state index contributed by atoms with van der Waals surface area (Å²) in [5.74, 6) is 0.796. The predicted octanol–water partition coefficient (Wildman–Crippen LogP) is 6.80. The molecule has 170 valence electrons. The second-order valence-electron chi connectivity index (χ2n) is 7.35. The number of halogens is 1. The average Bonchev–Trinajstić information content (AvgIpc) is 3.52. The third-order valence-electron chi connectivity index (χ3n) is 5.08. The quantitative estimate of drug-likeness (QED) is 0.112. The van der Waals surface area contributed by atoms with Gasteiger partial charge in [0.25, 0.3) is 5.69 Å². The summed E-state index contributed by atoms with van der Waals surface area (Å²) in [4.78, 5) is 27.5. The molecule has 0 spiro atoms. The Morgan fingerprint density at radius 2 is 2.00 bits per heavy atom. The first-order valence-corrected chi connectivity index (χ1v) is 11.3. The molecular weight excluding hydrogens is 490 g/mol. The maximum absolute atomic E-state index is 12.5. The summed E-state index contributed by atoms with van der Waals surface area (Å²) in [5, 5.41) is 24.0. The van der Waals surface area contributed by atoms with E-state index >= 15 is 0 Å². The Morgan fingerprint density at radius 3 is 2.80 bits per heavy atom. The van der Waals surface area contributed by atoms with Crippen LogP contribution in [0.1, 0.15) is 10.8 Å². The van der Waals surface area contributed by atoms with Crippen molar-refractivity contribution in [2.75, 3.05) is 0 Å². The highest BCUT2D eigenvalue weighted by molar-refractivity contribution is 7.11. The van der Waals surface area contributed by atoms with Gasteiger partial charge in [0.05, 0.1) is 21.8 Å². The molecule has 35 heavy (non-hydrogen) atoms. The number of hydrogen-bond donors (Lipinski definition) is 0. The van der Waals surface area contributed by atoms with Gasteiger partial charge in [0.2, 0.25) is 0 Å². The Hall–Kier alpha value is -4.52. The summed E-state index contributed by atoms with van der Waals surface area (Å²) < 4.78 is 11.2. The van der Waals surface area contributed by atoms with Crippen molar-refractivity contribution in [1.29, 1.82) is 5.26 Å². The first-order chi connectivity index (χ1) is 16.9. The van der Waals surface area contributed by atoms with Crippen LogP contribution in [0.25, 0.3) is 45.2 Å². The highest BCUT2D eigenvalue weighted by atomic mass is 35.5.